The molecule has 0 bridgehead atoms. The number of rotatable bonds is 6. The molecule has 0 saturated heterocycles. The molecule has 2 N–H and O–H groups in total. The maximum absolute atomic E-state index is 11.5. The van der Waals surface area contributed by atoms with Gasteiger partial charge in [0.2, 0.25) is 5.16 Å². The SMILES string of the molecule is CCCOC(=O)CSc1nnc(-c2ccccc2Cl)n1N. The number of esters is 1. The highest BCUT2D eigenvalue weighted by atomic mass is 35.5. The first kappa shape index (κ1) is 15.7. The number of thioether (sulfide) groups is 1. The summed E-state index contributed by atoms with van der Waals surface area (Å²) in [6.45, 7) is 2.35. The molecule has 0 aliphatic carbocycles. The van der Waals surface area contributed by atoms with Gasteiger partial charge in [0.1, 0.15) is 0 Å². The molecule has 1 heterocycles. The maximum atomic E-state index is 11.5. The smallest absolute Gasteiger partial charge is 0.316 e. The topological polar surface area (TPSA) is 83.0 Å². The Bertz CT molecular complexity index is 632. The molecule has 1 aromatic carbocycles. The monoisotopic (exact) mass is 326 g/mol. The van der Waals surface area contributed by atoms with Crippen molar-refractivity contribution in [2.45, 2.75) is 18.5 Å². The lowest BCUT2D eigenvalue weighted by Gasteiger charge is -2.05. The number of aromatic nitrogens is 3. The molecule has 0 amide bonds. The number of nitrogens with zero attached hydrogens (tertiary/aromatic N) is 3. The van der Waals surface area contributed by atoms with E-state index in [1.54, 1.807) is 12.1 Å². The summed E-state index contributed by atoms with van der Waals surface area (Å²) in [7, 11) is 0. The van der Waals surface area contributed by atoms with Crippen molar-refractivity contribution in [3.8, 4) is 11.4 Å². The molecule has 0 radical (unpaired) electrons. The fourth-order valence-corrected chi connectivity index (χ4v) is 2.46. The number of nitrogen functional groups attached to an aromatic ring is 1. The van der Waals surface area contributed by atoms with Gasteiger partial charge in [-0.3, -0.25) is 4.79 Å². The molecule has 8 heteroatoms. The summed E-state index contributed by atoms with van der Waals surface area (Å²) in [5.74, 6) is 6.23. The molecule has 2 rings (SSSR count). The number of hydrogen-bond acceptors (Lipinski definition) is 6. The number of carbonyl (C=O) groups is 1. The third-order valence-corrected chi connectivity index (χ3v) is 3.81. The van der Waals surface area contributed by atoms with Crippen molar-refractivity contribution >= 4 is 29.3 Å². The third-order valence-electron chi connectivity index (χ3n) is 2.57. The standard InChI is InChI=1S/C13H15ClN4O2S/c1-2-7-20-11(19)8-21-13-17-16-12(18(13)15)9-5-3-4-6-10(9)14/h3-6H,2,7-8,15H2,1H3. The highest BCUT2D eigenvalue weighted by Crippen LogP contribution is 2.27. The summed E-state index contributed by atoms with van der Waals surface area (Å²) in [4.78, 5) is 11.5. The molecule has 21 heavy (non-hydrogen) atoms. The molecule has 1 aromatic heterocycles. The summed E-state index contributed by atoms with van der Waals surface area (Å²) in [6, 6.07) is 7.22. The molecule has 0 aliphatic heterocycles. The Hall–Kier alpha value is -1.73. The first-order valence-electron chi connectivity index (χ1n) is 6.37. The molecule has 0 aliphatic rings. The van der Waals surface area contributed by atoms with E-state index in [1.165, 1.54) is 16.4 Å². The quantitative estimate of drug-likeness (QED) is 0.498. The molecule has 0 fully saturated rings. The number of nitrogens with two attached hydrogens (primary N) is 1. The molecule has 2 aromatic rings. The minimum absolute atomic E-state index is 0.137. The number of halogens is 1. The highest BCUT2D eigenvalue weighted by Gasteiger charge is 2.15. The molecule has 0 spiro atoms. The molecular weight excluding hydrogens is 312 g/mol. The van der Waals surface area contributed by atoms with Crippen LogP contribution in [-0.4, -0.2) is 33.2 Å². The van der Waals surface area contributed by atoms with E-state index < -0.39 is 0 Å². The normalized spacial score (nSPS) is 10.6. The lowest BCUT2D eigenvalue weighted by Crippen LogP contribution is -2.13. The van der Waals surface area contributed by atoms with Crippen molar-refractivity contribution in [2.75, 3.05) is 18.2 Å². The fraction of sp³-hybridized carbons (Fsp3) is 0.308. The number of hydrogen-bond donors (Lipinski definition) is 1. The molecular formula is C13H15ClN4O2S. The first-order chi connectivity index (χ1) is 10.1. The Balaban J connectivity index is 2.07. The van der Waals surface area contributed by atoms with Gasteiger partial charge in [-0.25, -0.2) is 4.68 Å². The predicted molar refractivity (Wildman–Crippen MR) is 82.6 cm³/mol. The molecule has 6 nitrogen and oxygen atoms in total. The lowest BCUT2D eigenvalue weighted by atomic mass is 10.2. The summed E-state index contributed by atoms with van der Waals surface area (Å²) >= 11 is 7.28. The molecule has 0 unspecified atom stereocenters. The number of carbonyl (C=O) groups excluding carboxylic acids is 1. The Morgan fingerprint density at radius 3 is 2.90 bits per heavy atom. The second kappa shape index (κ2) is 7.33. The van der Waals surface area contributed by atoms with E-state index in [9.17, 15) is 4.79 Å². The zero-order valence-corrected chi connectivity index (χ0v) is 13.0. The van der Waals surface area contributed by atoms with Gasteiger partial charge in [0.15, 0.2) is 5.82 Å². The second-order valence-electron chi connectivity index (χ2n) is 4.17. The van der Waals surface area contributed by atoms with Crippen LogP contribution in [0.4, 0.5) is 0 Å². The highest BCUT2D eigenvalue weighted by molar-refractivity contribution is 7.99. The summed E-state index contributed by atoms with van der Waals surface area (Å²) in [5.41, 5.74) is 0.689. The van der Waals surface area contributed by atoms with Crippen LogP contribution in [-0.2, 0) is 9.53 Å². The minimum Gasteiger partial charge on any atom is -0.465 e. The largest absolute Gasteiger partial charge is 0.465 e. The van der Waals surface area contributed by atoms with Crippen LogP contribution in [0.2, 0.25) is 5.02 Å². The van der Waals surface area contributed by atoms with Gasteiger partial charge in [0.25, 0.3) is 0 Å². The van der Waals surface area contributed by atoms with E-state index in [0.717, 1.165) is 6.42 Å². The van der Waals surface area contributed by atoms with E-state index in [0.29, 0.717) is 28.2 Å². The van der Waals surface area contributed by atoms with Gasteiger partial charge in [-0.2, -0.15) is 0 Å². The Labute approximate surface area is 131 Å². The fourth-order valence-electron chi connectivity index (χ4n) is 1.58. The van der Waals surface area contributed by atoms with Crippen molar-refractivity contribution in [3.63, 3.8) is 0 Å². The molecule has 0 atom stereocenters. The van der Waals surface area contributed by atoms with Crippen molar-refractivity contribution in [1.82, 2.24) is 14.9 Å². The van der Waals surface area contributed by atoms with E-state index in [4.69, 9.17) is 22.2 Å². The summed E-state index contributed by atoms with van der Waals surface area (Å²) < 4.78 is 6.30. The molecule has 0 saturated carbocycles. The number of ether oxygens (including phenoxy) is 1. The Kier molecular flexibility index (Phi) is 5.46. The van der Waals surface area contributed by atoms with E-state index in [2.05, 4.69) is 10.2 Å². The van der Waals surface area contributed by atoms with Crippen LogP contribution in [0.15, 0.2) is 29.4 Å². The van der Waals surface area contributed by atoms with Crippen molar-refractivity contribution < 1.29 is 9.53 Å². The van der Waals surface area contributed by atoms with Crippen LogP contribution in [0, 0.1) is 0 Å². The van der Waals surface area contributed by atoms with Gasteiger partial charge in [-0.05, 0) is 18.6 Å². The first-order valence-corrected chi connectivity index (χ1v) is 7.73. The van der Waals surface area contributed by atoms with Crippen LogP contribution < -0.4 is 5.84 Å². The van der Waals surface area contributed by atoms with Gasteiger partial charge < -0.3 is 10.6 Å². The van der Waals surface area contributed by atoms with Crippen LogP contribution in [0.1, 0.15) is 13.3 Å². The molecule has 112 valence electrons. The van der Waals surface area contributed by atoms with Crippen molar-refractivity contribution in [2.24, 2.45) is 0 Å². The third kappa shape index (κ3) is 3.89. The van der Waals surface area contributed by atoms with Crippen molar-refractivity contribution in [1.29, 1.82) is 0 Å². The van der Waals surface area contributed by atoms with Crippen LogP contribution in [0.3, 0.4) is 0 Å². The van der Waals surface area contributed by atoms with Gasteiger partial charge in [-0.1, -0.05) is 42.4 Å². The van der Waals surface area contributed by atoms with E-state index in [1.807, 2.05) is 19.1 Å². The average Bonchev–Trinajstić information content (AvgIpc) is 2.84. The van der Waals surface area contributed by atoms with Crippen LogP contribution in [0.5, 0.6) is 0 Å². The van der Waals surface area contributed by atoms with E-state index >= 15 is 0 Å². The van der Waals surface area contributed by atoms with Crippen molar-refractivity contribution in [3.05, 3.63) is 29.3 Å². The van der Waals surface area contributed by atoms with Gasteiger partial charge in [0.05, 0.1) is 17.4 Å². The van der Waals surface area contributed by atoms with Crippen LogP contribution in [0.25, 0.3) is 11.4 Å². The Morgan fingerprint density at radius 1 is 1.43 bits per heavy atom. The number of benzene rings is 1. The van der Waals surface area contributed by atoms with Gasteiger partial charge in [-0.15, -0.1) is 10.2 Å². The maximum Gasteiger partial charge on any atom is 0.316 e. The van der Waals surface area contributed by atoms with E-state index in [-0.39, 0.29) is 11.7 Å². The Morgan fingerprint density at radius 2 is 2.19 bits per heavy atom. The predicted octanol–water partition coefficient (Wildman–Crippen LogP) is 2.36. The lowest BCUT2D eigenvalue weighted by molar-refractivity contribution is -0.140. The average molecular weight is 327 g/mol. The summed E-state index contributed by atoms with van der Waals surface area (Å²) in [5, 5.41) is 8.95. The summed E-state index contributed by atoms with van der Waals surface area (Å²) in [6.07, 6.45) is 0.792. The van der Waals surface area contributed by atoms with Crippen LogP contribution >= 0.6 is 23.4 Å². The zero-order valence-electron chi connectivity index (χ0n) is 11.5. The second-order valence-corrected chi connectivity index (χ2v) is 5.51. The minimum atomic E-state index is -0.302. The zero-order chi connectivity index (χ0) is 15.2. The van der Waals surface area contributed by atoms with Gasteiger partial charge in [0, 0.05) is 5.56 Å². The van der Waals surface area contributed by atoms with Gasteiger partial charge >= 0.3 is 5.97 Å².